The molecular formula is C12H16N4O3S. The van der Waals surface area contributed by atoms with E-state index >= 15 is 0 Å². The van der Waals surface area contributed by atoms with E-state index in [1.165, 1.54) is 18.4 Å². The molecule has 0 radical (unpaired) electrons. The van der Waals surface area contributed by atoms with Crippen LogP contribution in [0.3, 0.4) is 0 Å². The van der Waals surface area contributed by atoms with Crippen molar-refractivity contribution in [2.24, 2.45) is 5.73 Å². The minimum Gasteiger partial charge on any atom is -0.339 e. The normalized spacial score (nSPS) is 19.3. The second kappa shape index (κ2) is 6.10. The summed E-state index contributed by atoms with van der Waals surface area (Å²) in [6, 6.07) is -0.662. The van der Waals surface area contributed by atoms with Gasteiger partial charge in [-0.25, -0.2) is 4.98 Å². The number of carbonyl (C=O) groups is 3. The number of hydrogen-bond acceptors (Lipinski definition) is 6. The molecule has 108 valence electrons. The van der Waals surface area contributed by atoms with Gasteiger partial charge in [-0.15, -0.1) is 11.3 Å². The number of nitrogens with zero attached hydrogens (tertiary/aromatic N) is 2. The van der Waals surface area contributed by atoms with E-state index in [-0.39, 0.29) is 23.9 Å². The maximum absolute atomic E-state index is 12.0. The van der Waals surface area contributed by atoms with Crippen LogP contribution in [0.25, 0.3) is 0 Å². The molecule has 20 heavy (non-hydrogen) atoms. The molecule has 0 saturated carbocycles. The maximum atomic E-state index is 12.0. The molecule has 1 atom stereocenters. The Morgan fingerprint density at radius 2 is 2.35 bits per heavy atom. The fraction of sp³-hybridized carbons (Fsp3) is 0.500. The molecule has 3 N–H and O–H groups in total. The molecule has 1 saturated heterocycles. The monoisotopic (exact) mass is 296 g/mol. The number of piperidine rings is 1. The molecule has 0 aliphatic carbocycles. The summed E-state index contributed by atoms with van der Waals surface area (Å²) in [4.78, 5) is 40.4. The third-order valence-corrected chi connectivity index (χ3v) is 4.01. The minimum atomic E-state index is -0.662. The number of likely N-dealkylation sites (tertiary alicyclic amines) is 1. The quantitative estimate of drug-likeness (QED) is 0.730. The topological polar surface area (TPSA) is 105 Å². The number of nitrogens with one attached hydrogen (secondary N) is 1. The van der Waals surface area contributed by atoms with Crippen molar-refractivity contribution in [3.8, 4) is 0 Å². The first kappa shape index (κ1) is 14.6. The molecule has 1 fully saturated rings. The van der Waals surface area contributed by atoms with Crippen molar-refractivity contribution < 1.29 is 14.4 Å². The van der Waals surface area contributed by atoms with Gasteiger partial charge in [-0.05, 0) is 13.0 Å². The summed E-state index contributed by atoms with van der Waals surface area (Å²) in [5, 5.41) is 5.05. The van der Waals surface area contributed by atoms with Gasteiger partial charge in [0, 0.05) is 25.3 Å². The highest BCUT2D eigenvalue weighted by atomic mass is 32.1. The summed E-state index contributed by atoms with van der Waals surface area (Å²) in [7, 11) is 1.42. The van der Waals surface area contributed by atoms with E-state index in [4.69, 9.17) is 5.73 Å². The third-order valence-electron chi connectivity index (χ3n) is 3.10. The third kappa shape index (κ3) is 3.02. The molecule has 1 unspecified atom stereocenters. The average Bonchev–Trinajstić information content (AvgIpc) is 2.88. The zero-order valence-electron chi connectivity index (χ0n) is 11.1. The minimum absolute atomic E-state index is 0.223. The first-order chi connectivity index (χ1) is 9.52. The number of imide groups is 1. The van der Waals surface area contributed by atoms with E-state index in [9.17, 15) is 14.4 Å². The number of aromatic nitrogens is 1. The molecule has 7 nitrogen and oxygen atoms in total. The first-order valence-electron chi connectivity index (χ1n) is 6.28. The lowest BCUT2D eigenvalue weighted by atomic mass is 10.0. The summed E-state index contributed by atoms with van der Waals surface area (Å²) in [6.45, 7) is 0.475. The summed E-state index contributed by atoms with van der Waals surface area (Å²) in [6.07, 6.45) is 1.20. The lowest BCUT2D eigenvalue weighted by molar-refractivity contribution is -0.147. The molecule has 3 amide bonds. The zero-order chi connectivity index (χ0) is 14.7. The Bertz CT molecular complexity index is 543. The van der Waals surface area contributed by atoms with E-state index in [1.807, 2.05) is 0 Å². The number of amides is 3. The van der Waals surface area contributed by atoms with Crippen LogP contribution in [0.1, 0.15) is 28.3 Å². The van der Waals surface area contributed by atoms with Crippen LogP contribution < -0.4 is 11.1 Å². The van der Waals surface area contributed by atoms with Crippen LogP contribution in [-0.2, 0) is 16.0 Å². The van der Waals surface area contributed by atoms with Crippen molar-refractivity contribution in [1.29, 1.82) is 0 Å². The second-order valence-corrected chi connectivity index (χ2v) is 5.46. The maximum Gasteiger partial charge on any atom is 0.271 e. The Hall–Kier alpha value is -1.80. The van der Waals surface area contributed by atoms with E-state index in [0.717, 1.165) is 9.91 Å². The first-order valence-corrected chi connectivity index (χ1v) is 7.16. The lowest BCUT2D eigenvalue weighted by Gasteiger charge is -2.27. The Balaban J connectivity index is 2.00. The van der Waals surface area contributed by atoms with Gasteiger partial charge in [-0.3, -0.25) is 19.3 Å². The molecular weight excluding hydrogens is 280 g/mol. The summed E-state index contributed by atoms with van der Waals surface area (Å²) in [5.74, 6) is -1.00. The van der Waals surface area contributed by atoms with Crippen molar-refractivity contribution >= 4 is 29.1 Å². The molecule has 1 aliphatic heterocycles. The number of carbonyl (C=O) groups excluding carboxylic acids is 3. The molecule has 0 aromatic carbocycles. The fourth-order valence-corrected chi connectivity index (χ4v) is 2.73. The van der Waals surface area contributed by atoms with Crippen LogP contribution >= 0.6 is 11.3 Å². The van der Waals surface area contributed by atoms with Crippen LogP contribution in [0, 0.1) is 0 Å². The highest BCUT2D eigenvalue weighted by Gasteiger charge is 2.33. The van der Waals surface area contributed by atoms with E-state index in [1.54, 1.807) is 5.38 Å². The van der Waals surface area contributed by atoms with Crippen molar-refractivity contribution in [2.45, 2.75) is 25.3 Å². The standard InChI is InChI=1S/C12H16N4O3S/c1-16-10(17)3-2-7(12(16)19)15-11(18)8-6-20-9(14-8)4-5-13/h6-7H,2-5,13H2,1H3,(H,15,18). The van der Waals surface area contributed by atoms with Gasteiger partial charge >= 0.3 is 0 Å². The van der Waals surface area contributed by atoms with Gasteiger partial charge in [-0.2, -0.15) is 0 Å². The Morgan fingerprint density at radius 1 is 1.60 bits per heavy atom. The highest BCUT2D eigenvalue weighted by molar-refractivity contribution is 7.09. The second-order valence-electron chi connectivity index (χ2n) is 4.52. The van der Waals surface area contributed by atoms with E-state index in [0.29, 0.717) is 19.4 Å². The van der Waals surface area contributed by atoms with Crippen LogP contribution in [0.2, 0.25) is 0 Å². The van der Waals surface area contributed by atoms with Crippen LogP contribution in [-0.4, -0.2) is 47.2 Å². The summed E-state index contributed by atoms with van der Waals surface area (Å²) < 4.78 is 0. The molecule has 2 heterocycles. The highest BCUT2D eigenvalue weighted by Crippen LogP contribution is 2.14. The van der Waals surface area contributed by atoms with Gasteiger partial charge in [0.05, 0.1) is 5.01 Å². The summed E-state index contributed by atoms with van der Waals surface area (Å²) >= 11 is 1.36. The van der Waals surface area contributed by atoms with E-state index < -0.39 is 11.9 Å². The van der Waals surface area contributed by atoms with Crippen LogP contribution in [0.4, 0.5) is 0 Å². The Morgan fingerprint density at radius 3 is 3.05 bits per heavy atom. The summed E-state index contributed by atoms with van der Waals surface area (Å²) in [5.41, 5.74) is 5.71. The Kier molecular flexibility index (Phi) is 4.46. The van der Waals surface area contributed by atoms with Crippen molar-refractivity contribution in [3.05, 3.63) is 16.1 Å². The molecule has 0 spiro atoms. The van der Waals surface area contributed by atoms with Gasteiger partial charge in [0.2, 0.25) is 5.91 Å². The van der Waals surface area contributed by atoms with E-state index in [2.05, 4.69) is 10.3 Å². The SMILES string of the molecule is CN1C(=O)CCC(NC(=O)c2csc(CCN)n2)C1=O. The van der Waals surface area contributed by atoms with Gasteiger partial charge in [-0.1, -0.05) is 0 Å². The molecule has 1 aromatic rings. The molecule has 1 aliphatic rings. The van der Waals surface area contributed by atoms with Crippen molar-refractivity contribution in [2.75, 3.05) is 13.6 Å². The Labute approximate surface area is 120 Å². The number of nitrogens with two attached hydrogens (primary N) is 1. The molecule has 0 bridgehead atoms. The fourth-order valence-electron chi connectivity index (χ4n) is 1.94. The number of hydrogen-bond donors (Lipinski definition) is 2. The number of rotatable bonds is 4. The predicted octanol–water partition coefficient (Wildman–Crippen LogP) is -0.478. The lowest BCUT2D eigenvalue weighted by Crippen LogP contribution is -2.52. The van der Waals surface area contributed by atoms with Crippen molar-refractivity contribution in [3.63, 3.8) is 0 Å². The molecule has 2 rings (SSSR count). The zero-order valence-corrected chi connectivity index (χ0v) is 11.9. The largest absolute Gasteiger partial charge is 0.339 e. The predicted molar refractivity (Wildman–Crippen MR) is 73.1 cm³/mol. The molecule has 8 heteroatoms. The van der Waals surface area contributed by atoms with Gasteiger partial charge in [0.15, 0.2) is 0 Å². The smallest absolute Gasteiger partial charge is 0.271 e. The van der Waals surface area contributed by atoms with Gasteiger partial charge in [0.1, 0.15) is 11.7 Å². The van der Waals surface area contributed by atoms with Gasteiger partial charge < -0.3 is 11.1 Å². The number of likely N-dealkylation sites (N-methyl/N-ethyl adjacent to an activating group) is 1. The van der Waals surface area contributed by atoms with Gasteiger partial charge in [0.25, 0.3) is 11.8 Å². The van der Waals surface area contributed by atoms with Crippen LogP contribution in [0.15, 0.2) is 5.38 Å². The number of thiazole rings is 1. The molecule has 1 aromatic heterocycles. The van der Waals surface area contributed by atoms with Crippen LogP contribution in [0.5, 0.6) is 0 Å². The van der Waals surface area contributed by atoms with Crippen molar-refractivity contribution in [1.82, 2.24) is 15.2 Å². The average molecular weight is 296 g/mol.